The highest BCUT2D eigenvalue weighted by molar-refractivity contribution is 5.70. The molecular formula is C23H23NO. The van der Waals surface area contributed by atoms with Gasteiger partial charge in [0.15, 0.2) is 0 Å². The maximum atomic E-state index is 6.10. The maximum Gasteiger partial charge on any atom is 0.127 e. The fourth-order valence-electron chi connectivity index (χ4n) is 3.43. The number of hydrogen-bond acceptors (Lipinski definition) is 2. The lowest BCUT2D eigenvalue weighted by Crippen LogP contribution is -2.12. The third-order valence-electron chi connectivity index (χ3n) is 4.81. The fourth-order valence-corrected chi connectivity index (χ4v) is 3.43. The minimum atomic E-state index is 0.513. The molecule has 1 aliphatic rings. The van der Waals surface area contributed by atoms with E-state index in [0.717, 1.165) is 17.9 Å². The van der Waals surface area contributed by atoms with Crippen LogP contribution in [0.4, 0.5) is 0 Å². The Hall–Kier alpha value is -2.58. The van der Waals surface area contributed by atoms with E-state index in [1.807, 2.05) is 30.3 Å². The summed E-state index contributed by atoms with van der Waals surface area (Å²) in [4.78, 5) is 0. The van der Waals surface area contributed by atoms with Gasteiger partial charge in [-0.05, 0) is 42.1 Å². The molecule has 1 saturated heterocycles. The van der Waals surface area contributed by atoms with Gasteiger partial charge in [-0.15, -0.1) is 0 Å². The Morgan fingerprint density at radius 3 is 2.36 bits per heavy atom. The number of benzene rings is 3. The standard InChI is InChI=1S/C23H23NO/c1-2-7-18(8-3-1)17-25-23-11-5-4-9-21(23)19-12-14-20(15-13-19)22-10-6-16-24-22/h1-5,7-9,11-15,22,24H,6,10,16-17H2. The van der Waals surface area contributed by atoms with Crippen molar-refractivity contribution in [1.29, 1.82) is 0 Å². The van der Waals surface area contributed by atoms with Crippen molar-refractivity contribution < 1.29 is 4.74 Å². The summed E-state index contributed by atoms with van der Waals surface area (Å²) >= 11 is 0. The topological polar surface area (TPSA) is 21.3 Å². The van der Waals surface area contributed by atoms with Gasteiger partial charge in [-0.2, -0.15) is 0 Å². The van der Waals surface area contributed by atoms with Crippen LogP contribution in [0.2, 0.25) is 0 Å². The van der Waals surface area contributed by atoms with Crippen LogP contribution in [-0.4, -0.2) is 6.54 Å². The van der Waals surface area contributed by atoms with Crippen molar-refractivity contribution in [2.45, 2.75) is 25.5 Å². The Morgan fingerprint density at radius 1 is 0.840 bits per heavy atom. The van der Waals surface area contributed by atoms with E-state index >= 15 is 0 Å². The average Bonchev–Trinajstić information content (AvgIpc) is 3.22. The van der Waals surface area contributed by atoms with Gasteiger partial charge in [0.1, 0.15) is 12.4 Å². The highest BCUT2D eigenvalue weighted by Crippen LogP contribution is 2.32. The molecule has 0 radical (unpaired) electrons. The molecule has 1 heterocycles. The van der Waals surface area contributed by atoms with Gasteiger partial charge >= 0.3 is 0 Å². The quantitative estimate of drug-likeness (QED) is 0.680. The monoisotopic (exact) mass is 329 g/mol. The first-order valence-electron chi connectivity index (χ1n) is 8.99. The molecular weight excluding hydrogens is 306 g/mol. The Labute approximate surface area is 149 Å². The molecule has 4 rings (SSSR count). The summed E-state index contributed by atoms with van der Waals surface area (Å²) in [6.07, 6.45) is 2.50. The van der Waals surface area contributed by atoms with E-state index in [9.17, 15) is 0 Å². The van der Waals surface area contributed by atoms with Crippen molar-refractivity contribution in [1.82, 2.24) is 5.32 Å². The highest BCUT2D eigenvalue weighted by Gasteiger charge is 2.16. The SMILES string of the molecule is c1ccc(COc2ccccc2-c2ccc(C3CCCN3)cc2)cc1. The third-order valence-corrected chi connectivity index (χ3v) is 4.81. The molecule has 1 unspecified atom stereocenters. The molecule has 3 aromatic rings. The second-order valence-electron chi connectivity index (χ2n) is 6.54. The molecule has 2 nitrogen and oxygen atoms in total. The van der Waals surface area contributed by atoms with Gasteiger partial charge in [-0.3, -0.25) is 0 Å². The van der Waals surface area contributed by atoms with Gasteiger partial charge < -0.3 is 10.1 Å². The summed E-state index contributed by atoms with van der Waals surface area (Å²) in [5.41, 5.74) is 4.90. The molecule has 0 saturated carbocycles. The first-order chi connectivity index (χ1) is 12.4. The van der Waals surface area contributed by atoms with Gasteiger partial charge in [0.05, 0.1) is 0 Å². The number of ether oxygens (including phenoxy) is 1. The lowest BCUT2D eigenvalue weighted by molar-refractivity contribution is 0.307. The summed E-state index contributed by atoms with van der Waals surface area (Å²) < 4.78 is 6.10. The second-order valence-corrected chi connectivity index (χ2v) is 6.54. The van der Waals surface area contributed by atoms with Crippen LogP contribution in [0.3, 0.4) is 0 Å². The maximum absolute atomic E-state index is 6.10. The molecule has 1 aliphatic heterocycles. The lowest BCUT2D eigenvalue weighted by Gasteiger charge is -2.14. The van der Waals surface area contributed by atoms with Crippen molar-refractivity contribution in [3.63, 3.8) is 0 Å². The minimum Gasteiger partial charge on any atom is -0.488 e. The van der Waals surface area contributed by atoms with Crippen LogP contribution < -0.4 is 10.1 Å². The van der Waals surface area contributed by atoms with Crippen molar-refractivity contribution >= 4 is 0 Å². The molecule has 2 heteroatoms. The van der Waals surface area contributed by atoms with Gasteiger partial charge in [0, 0.05) is 11.6 Å². The van der Waals surface area contributed by atoms with E-state index in [0.29, 0.717) is 12.6 Å². The van der Waals surface area contributed by atoms with E-state index in [1.54, 1.807) is 0 Å². The number of rotatable bonds is 5. The van der Waals surface area contributed by atoms with Gasteiger partial charge in [0.25, 0.3) is 0 Å². The normalized spacial score (nSPS) is 16.7. The van der Waals surface area contributed by atoms with Crippen molar-refractivity contribution in [3.8, 4) is 16.9 Å². The van der Waals surface area contributed by atoms with Gasteiger partial charge in [-0.25, -0.2) is 0 Å². The predicted octanol–water partition coefficient (Wildman–Crippen LogP) is 5.36. The second kappa shape index (κ2) is 7.54. The zero-order chi connectivity index (χ0) is 16.9. The number of hydrogen-bond donors (Lipinski definition) is 1. The summed E-state index contributed by atoms with van der Waals surface area (Å²) in [7, 11) is 0. The summed E-state index contributed by atoms with van der Waals surface area (Å²) in [5, 5.41) is 3.56. The summed E-state index contributed by atoms with van der Waals surface area (Å²) in [6.45, 7) is 1.71. The molecule has 1 N–H and O–H groups in total. The lowest BCUT2D eigenvalue weighted by atomic mass is 9.99. The fraction of sp³-hybridized carbons (Fsp3) is 0.217. The van der Waals surface area contributed by atoms with Crippen LogP contribution >= 0.6 is 0 Å². The van der Waals surface area contributed by atoms with E-state index in [-0.39, 0.29) is 0 Å². The van der Waals surface area contributed by atoms with Crippen LogP contribution in [0.5, 0.6) is 5.75 Å². The molecule has 0 aliphatic carbocycles. The molecule has 25 heavy (non-hydrogen) atoms. The average molecular weight is 329 g/mol. The van der Waals surface area contributed by atoms with Crippen molar-refractivity contribution in [2.24, 2.45) is 0 Å². The van der Waals surface area contributed by atoms with E-state index in [4.69, 9.17) is 4.74 Å². The first kappa shape index (κ1) is 15.9. The van der Waals surface area contributed by atoms with Gasteiger partial charge in [-0.1, -0.05) is 72.8 Å². The summed E-state index contributed by atoms with van der Waals surface area (Å²) in [6, 6.07) is 28.0. The Kier molecular flexibility index (Phi) is 4.80. The molecule has 126 valence electrons. The first-order valence-corrected chi connectivity index (χ1v) is 8.99. The zero-order valence-electron chi connectivity index (χ0n) is 14.3. The van der Waals surface area contributed by atoms with E-state index < -0.39 is 0 Å². The van der Waals surface area contributed by atoms with Crippen LogP contribution in [0.15, 0.2) is 78.9 Å². The Bertz CT molecular complexity index is 805. The molecule has 0 spiro atoms. The molecule has 3 aromatic carbocycles. The molecule has 1 atom stereocenters. The van der Waals surface area contributed by atoms with Crippen LogP contribution in [0, 0.1) is 0 Å². The third kappa shape index (κ3) is 3.75. The minimum absolute atomic E-state index is 0.513. The van der Waals surface area contributed by atoms with Crippen molar-refractivity contribution in [3.05, 3.63) is 90.0 Å². The highest BCUT2D eigenvalue weighted by atomic mass is 16.5. The zero-order valence-corrected chi connectivity index (χ0v) is 14.3. The molecule has 1 fully saturated rings. The smallest absolute Gasteiger partial charge is 0.127 e. The predicted molar refractivity (Wildman–Crippen MR) is 103 cm³/mol. The van der Waals surface area contributed by atoms with Crippen molar-refractivity contribution in [2.75, 3.05) is 6.54 Å². The molecule has 0 bridgehead atoms. The Balaban J connectivity index is 1.53. The Morgan fingerprint density at radius 2 is 1.60 bits per heavy atom. The van der Waals surface area contributed by atoms with Crippen LogP contribution in [-0.2, 0) is 6.61 Å². The number of para-hydroxylation sites is 1. The van der Waals surface area contributed by atoms with E-state index in [1.165, 1.54) is 29.5 Å². The van der Waals surface area contributed by atoms with Crippen LogP contribution in [0.25, 0.3) is 11.1 Å². The van der Waals surface area contributed by atoms with E-state index in [2.05, 4.69) is 53.8 Å². The number of nitrogens with one attached hydrogen (secondary N) is 1. The molecule has 0 aromatic heterocycles. The molecule has 0 amide bonds. The largest absolute Gasteiger partial charge is 0.488 e. The summed E-state index contributed by atoms with van der Waals surface area (Å²) in [5.74, 6) is 0.929. The van der Waals surface area contributed by atoms with Crippen LogP contribution in [0.1, 0.15) is 30.0 Å². The van der Waals surface area contributed by atoms with Gasteiger partial charge in [0.2, 0.25) is 0 Å².